The second kappa shape index (κ2) is 13.4. The van der Waals surface area contributed by atoms with Crippen LogP contribution in [0.3, 0.4) is 0 Å². The quantitative estimate of drug-likeness (QED) is 0.105. The molecule has 192 valence electrons. The Kier molecular flexibility index (Phi) is 9.72. The normalized spacial score (nSPS) is 10.6. The van der Waals surface area contributed by atoms with Gasteiger partial charge in [0, 0.05) is 5.69 Å². The molecular formula is C27H26FN3O6. The van der Waals surface area contributed by atoms with Gasteiger partial charge in [0.05, 0.1) is 25.5 Å². The van der Waals surface area contributed by atoms with Gasteiger partial charge in [0.25, 0.3) is 0 Å². The predicted molar refractivity (Wildman–Crippen MR) is 136 cm³/mol. The first-order valence-corrected chi connectivity index (χ1v) is 11.4. The van der Waals surface area contributed by atoms with E-state index in [0.717, 1.165) is 25.0 Å². The molecule has 0 aliphatic rings. The molecule has 0 radical (unpaired) electrons. The second-order valence-electron chi connectivity index (χ2n) is 7.69. The van der Waals surface area contributed by atoms with Crippen LogP contribution in [-0.2, 0) is 9.59 Å². The molecule has 0 heterocycles. The number of esters is 1. The van der Waals surface area contributed by atoms with Crippen LogP contribution in [0.15, 0.2) is 71.8 Å². The van der Waals surface area contributed by atoms with Gasteiger partial charge in [0.2, 0.25) is 0 Å². The fourth-order valence-electron chi connectivity index (χ4n) is 2.97. The van der Waals surface area contributed by atoms with Crippen molar-refractivity contribution < 1.29 is 33.0 Å². The van der Waals surface area contributed by atoms with Gasteiger partial charge in [-0.3, -0.25) is 9.59 Å². The summed E-state index contributed by atoms with van der Waals surface area (Å²) in [5, 5.41) is 6.07. The van der Waals surface area contributed by atoms with Crippen LogP contribution in [0.4, 0.5) is 10.1 Å². The Labute approximate surface area is 213 Å². The maximum Gasteiger partial charge on any atom is 0.343 e. The van der Waals surface area contributed by atoms with E-state index in [1.165, 1.54) is 31.5 Å². The van der Waals surface area contributed by atoms with Gasteiger partial charge in [-0.25, -0.2) is 14.6 Å². The fourth-order valence-corrected chi connectivity index (χ4v) is 2.97. The highest BCUT2D eigenvalue weighted by atomic mass is 19.1. The van der Waals surface area contributed by atoms with E-state index in [1.54, 1.807) is 36.4 Å². The number of carbonyl (C=O) groups excluding carboxylic acids is 3. The number of nitrogens with zero attached hydrogens (tertiary/aromatic N) is 1. The predicted octanol–water partition coefficient (Wildman–Crippen LogP) is 4.32. The number of nitrogens with one attached hydrogen (secondary N) is 2. The van der Waals surface area contributed by atoms with Crippen LogP contribution in [0.2, 0.25) is 0 Å². The van der Waals surface area contributed by atoms with E-state index in [2.05, 4.69) is 22.8 Å². The van der Waals surface area contributed by atoms with Crippen molar-refractivity contribution in [3.8, 4) is 17.2 Å². The molecule has 0 atom stereocenters. The number of amides is 2. The van der Waals surface area contributed by atoms with E-state index in [-0.39, 0.29) is 17.2 Å². The molecule has 9 nitrogen and oxygen atoms in total. The summed E-state index contributed by atoms with van der Waals surface area (Å²) in [6.45, 7) is 2.69. The van der Waals surface area contributed by atoms with E-state index in [1.807, 2.05) is 0 Å². The van der Waals surface area contributed by atoms with Crippen molar-refractivity contribution in [3.63, 3.8) is 0 Å². The largest absolute Gasteiger partial charge is 0.494 e. The van der Waals surface area contributed by atoms with Gasteiger partial charge in [-0.2, -0.15) is 5.10 Å². The molecule has 0 unspecified atom stereocenters. The van der Waals surface area contributed by atoms with Gasteiger partial charge in [0.15, 0.2) is 11.5 Å². The van der Waals surface area contributed by atoms with Crippen molar-refractivity contribution in [1.29, 1.82) is 0 Å². The highest BCUT2D eigenvalue weighted by molar-refractivity contribution is 6.39. The number of hydrogen-bond donors (Lipinski definition) is 2. The van der Waals surface area contributed by atoms with Crippen LogP contribution in [0.25, 0.3) is 0 Å². The molecule has 0 aromatic heterocycles. The molecule has 37 heavy (non-hydrogen) atoms. The summed E-state index contributed by atoms with van der Waals surface area (Å²) < 4.78 is 29.3. The Morgan fingerprint density at radius 3 is 2.35 bits per heavy atom. The monoisotopic (exact) mass is 507 g/mol. The summed E-state index contributed by atoms with van der Waals surface area (Å²) in [4.78, 5) is 36.4. The lowest BCUT2D eigenvalue weighted by Gasteiger charge is -2.10. The average Bonchev–Trinajstić information content (AvgIpc) is 2.91. The van der Waals surface area contributed by atoms with Gasteiger partial charge in [-0.1, -0.05) is 13.3 Å². The Bertz CT molecular complexity index is 1260. The van der Waals surface area contributed by atoms with Crippen molar-refractivity contribution in [1.82, 2.24) is 5.43 Å². The molecule has 2 amide bonds. The fraction of sp³-hybridized carbons (Fsp3) is 0.185. The van der Waals surface area contributed by atoms with Gasteiger partial charge in [-0.15, -0.1) is 0 Å². The minimum atomic E-state index is -1.01. The number of methoxy groups -OCH3 is 1. The minimum absolute atomic E-state index is 0.190. The number of hydrazone groups is 1. The molecule has 10 heteroatoms. The molecule has 0 aliphatic heterocycles. The Balaban J connectivity index is 1.56. The molecule has 0 aliphatic carbocycles. The number of halogens is 1. The van der Waals surface area contributed by atoms with Crippen LogP contribution in [0.1, 0.15) is 35.7 Å². The zero-order valence-electron chi connectivity index (χ0n) is 20.3. The number of rotatable bonds is 10. The van der Waals surface area contributed by atoms with Crippen LogP contribution >= 0.6 is 0 Å². The Hall–Kier alpha value is -4.73. The number of benzene rings is 3. The average molecular weight is 508 g/mol. The van der Waals surface area contributed by atoms with Crippen LogP contribution in [-0.4, -0.2) is 37.7 Å². The summed E-state index contributed by atoms with van der Waals surface area (Å²) in [6.07, 6.45) is 3.26. The summed E-state index contributed by atoms with van der Waals surface area (Å²) in [6, 6.07) is 16.2. The lowest BCUT2D eigenvalue weighted by Crippen LogP contribution is -2.32. The van der Waals surface area contributed by atoms with Crippen LogP contribution < -0.4 is 25.0 Å². The van der Waals surface area contributed by atoms with Gasteiger partial charge < -0.3 is 19.5 Å². The number of hydrogen-bond acceptors (Lipinski definition) is 7. The van der Waals surface area contributed by atoms with Crippen molar-refractivity contribution >= 4 is 29.7 Å². The smallest absolute Gasteiger partial charge is 0.343 e. The molecule has 3 aromatic carbocycles. The molecule has 0 saturated heterocycles. The molecule has 3 aromatic rings. The lowest BCUT2D eigenvalue weighted by molar-refractivity contribution is -0.136. The molecule has 0 saturated carbocycles. The molecule has 3 rings (SSSR count). The lowest BCUT2D eigenvalue weighted by atomic mass is 10.2. The maximum absolute atomic E-state index is 12.9. The van der Waals surface area contributed by atoms with Gasteiger partial charge in [-0.05, 0) is 78.7 Å². The van der Waals surface area contributed by atoms with Gasteiger partial charge in [0.1, 0.15) is 11.6 Å². The first kappa shape index (κ1) is 26.9. The van der Waals surface area contributed by atoms with E-state index < -0.39 is 23.6 Å². The topological polar surface area (TPSA) is 115 Å². The van der Waals surface area contributed by atoms with Crippen molar-refractivity contribution in [2.75, 3.05) is 19.0 Å². The van der Waals surface area contributed by atoms with E-state index in [0.29, 0.717) is 23.5 Å². The standard InChI is InChI=1S/C27H26FN3O6/c1-3-4-15-36-22-12-6-19(7-13-22)27(34)37-23-14-5-18(16-24(23)35-2)17-29-31-26(33)25(32)30-21-10-8-20(28)9-11-21/h5-14,16-17H,3-4,15H2,1-2H3,(H,30,32)(H,31,33)/b29-17+. The minimum Gasteiger partial charge on any atom is -0.494 e. The third-order valence-electron chi connectivity index (χ3n) is 4.94. The zero-order chi connectivity index (χ0) is 26.6. The van der Waals surface area contributed by atoms with Crippen molar-refractivity contribution in [3.05, 3.63) is 83.7 Å². The maximum atomic E-state index is 12.9. The van der Waals surface area contributed by atoms with Gasteiger partial charge >= 0.3 is 17.8 Å². The number of unbranched alkanes of at least 4 members (excludes halogenated alkanes) is 1. The highest BCUT2D eigenvalue weighted by Crippen LogP contribution is 2.28. The van der Waals surface area contributed by atoms with Crippen molar-refractivity contribution in [2.24, 2.45) is 5.10 Å². The number of ether oxygens (including phenoxy) is 3. The first-order valence-electron chi connectivity index (χ1n) is 11.4. The second-order valence-corrected chi connectivity index (χ2v) is 7.69. The molecular weight excluding hydrogens is 481 g/mol. The third-order valence-corrected chi connectivity index (χ3v) is 4.94. The molecule has 0 bridgehead atoms. The third kappa shape index (κ3) is 8.17. The molecule has 0 spiro atoms. The van der Waals surface area contributed by atoms with E-state index in [9.17, 15) is 18.8 Å². The summed E-state index contributed by atoms with van der Waals surface area (Å²) >= 11 is 0. The Morgan fingerprint density at radius 1 is 0.946 bits per heavy atom. The van der Waals surface area contributed by atoms with Crippen LogP contribution in [0, 0.1) is 5.82 Å². The molecule has 2 N–H and O–H groups in total. The SMILES string of the molecule is CCCCOc1ccc(C(=O)Oc2ccc(/C=N/NC(=O)C(=O)Nc3ccc(F)cc3)cc2OC)cc1. The van der Waals surface area contributed by atoms with E-state index in [4.69, 9.17) is 14.2 Å². The summed E-state index contributed by atoms with van der Waals surface area (Å²) in [5.41, 5.74) is 3.21. The highest BCUT2D eigenvalue weighted by Gasteiger charge is 2.14. The zero-order valence-corrected chi connectivity index (χ0v) is 20.3. The summed E-state index contributed by atoms with van der Waals surface area (Å²) in [5.74, 6) is -1.90. The van der Waals surface area contributed by atoms with Crippen molar-refractivity contribution in [2.45, 2.75) is 19.8 Å². The van der Waals surface area contributed by atoms with Crippen LogP contribution in [0.5, 0.6) is 17.2 Å². The summed E-state index contributed by atoms with van der Waals surface area (Å²) in [7, 11) is 1.41. The van der Waals surface area contributed by atoms with E-state index >= 15 is 0 Å². The first-order chi connectivity index (χ1) is 17.9. The Morgan fingerprint density at radius 2 is 1.68 bits per heavy atom. The number of anilines is 1. The molecule has 0 fully saturated rings. The number of carbonyl (C=O) groups is 3.